The van der Waals surface area contributed by atoms with Crippen molar-refractivity contribution in [2.75, 3.05) is 7.11 Å². The number of rotatable bonds is 4. The van der Waals surface area contributed by atoms with Crippen molar-refractivity contribution in [3.05, 3.63) is 48.0 Å². The van der Waals surface area contributed by atoms with E-state index in [-0.39, 0.29) is 17.1 Å². The lowest BCUT2D eigenvalue weighted by Crippen LogP contribution is -2.16. The number of halogens is 5. The summed E-state index contributed by atoms with van der Waals surface area (Å²) in [5.41, 5.74) is 0.647. The van der Waals surface area contributed by atoms with E-state index in [0.29, 0.717) is 11.1 Å². The van der Waals surface area contributed by atoms with Gasteiger partial charge in [0, 0.05) is 5.56 Å². The third kappa shape index (κ3) is 4.09. The van der Waals surface area contributed by atoms with Crippen LogP contribution >= 0.6 is 0 Å². The lowest BCUT2D eigenvalue weighted by atomic mass is 10.0. The van der Waals surface area contributed by atoms with Gasteiger partial charge in [0.1, 0.15) is 11.5 Å². The minimum atomic E-state index is -4.78. The largest absolute Gasteiger partial charge is 0.573 e. The van der Waals surface area contributed by atoms with Gasteiger partial charge in [0.2, 0.25) is 0 Å². The van der Waals surface area contributed by atoms with Crippen molar-refractivity contribution in [2.24, 2.45) is 0 Å². The summed E-state index contributed by atoms with van der Waals surface area (Å²) in [6.07, 6.45) is -7.46. The van der Waals surface area contributed by atoms with E-state index in [1.807, 2.05) is 0 Å². The topological polar surface area (TPSA) is 18.5 Å². The van der Waals surface area contributed by atoms with Gasteiger partial charge in [0.15, 0.2) is 0 Å². The van der Waals surface area contributed by atoms with Crippen molar-refractivity contribution in [2.45, 2.75) is 12.8 Å². The van der Waals surface area contributed by atoms with Crippen LogP contribution in [0.15, 0.2) is 42.5 Å². The molecule has 0 heterocycles. The molecule has 0 aliphatic carbocycles. The molecule has 2 aromatic rings. The van der Waals surface area contributed by atoms with Crippen LogP contribution in [0.25, 0.3) is 11.1 Å². The van der Waals surface area contributed by atoms with Gasteiger partial charge in [-0.2, -0.15) is 0 Å². The normalized spacial score (nSPS) is 11.6. The molecule has 0 aliphatic rings. The van der Waals surface area contributed by atoms with Crippen molar-refractivity contribution in [1.29, 1.82) is 0 Å². The standard InChI is InChI=1S/C15H11F5O2/c1-21-13-7-10(6-11(8-13)14(16)17)9-2-4-12(5-3-9)22-15(18,19)20/h2-8,14H,1H3. The molecule has 2 nitrogen and oxygen atoms in total. The molecule has 0 radical (unpaired) electrons. The predicted molar refractivity (Wildman–Crippen MR) is 70.1 cm³/mol. The van der Waals surface area contributed by atoms with Crippen LogP contribution in [-0.4, -0.2) is 13.5 Å². The minimum Gasteiger partial charge on any atom is -0.497 e. The Morgan fingerprint density at radius 1 is 0.864 bits per heavy atom. The molecular formula is C15H11F5O2. The van der Waals surface area contributed by atoms with Gasteiger partial charge in [-0.25, -0.2) is 8.78 Å². The van der Waals surface area contributed by atoms with Gasteiger partial charge in [0.25, 0.3) is 6.43 Å². The maximum atomic E-state index is 12.8. The summed E-state index contributed by atoms with van der Waals surface area (Å²) in [4.78, 5) is 0. The molecule has 0 amide bonds. The summed E-state index contributed by atoms with van der Waals surface area (Å²) < 4.78 is 70.6. The summed E-state index contributed by atoms with van der Waals surface area (Å²) in [6.45, 7) is 0. The molecule has 0 bridgehead atoms. The Morgan fingerprint density at radius 3 is 2.00 bits per heavy atom. The van der Waals surface area contributed by atoms with Crippen molar-refractivity contribution >= 4 is 0 Å². The van der Waals surface area contributed by atoms with E-state index >= 15 is 0 Å². The Bertz CT molecular complexity index is 635. The van der Waals surface area contributed by atoms with Crippen LogP contribution in [-0.2, 0) is 0 Å². The van der Waals surface area contributed by atoms with Crippen LogP contribution in [0.4, 0.5) is 22.0 Å². The van der Waals surface area contributed by atoms with Crippen LogP contribution in [0.2, 0.25) is 0 Å². The first kappa shape index (κ1) is 16.1. The van der Waals surface area contributed by atoms with Gasteiger partial charge in [-0.3, -0.25) is 0 Å². The average Bonchev–Trinajstić information content (AvgIpc) is 2.45. The Morgan fingerprint density at radius 2 is 1.50 bits per heavy atom. The van der Waals surface area contributed by atoms with Crippen LogP contribution in [0.5, 0.6) is 11.5 Å². The second-order valence-electron chi connectivity index (χ2n) is 4.37. The molecule has 0 unspecified atom stereocenters. The average molecular weight is 318 g/mol. The van der Waals surface area contributed by atoms with E-state index < -0.39 is 12.8 Å². The zero-order chi connectivity index (χ0) is 16.3. The first-order valence-electron chi connectivity index (χ1n) is 6.12. The van der Waals surface area contributed by atoms with Crippen LogP contribution in [0, 0.1) is 0 Å². The summed E-state index contributed by atoms with van der Waals surface area (Å²) in [5.74, 6) is -0.142. The first-order chi connectivity index (χ1) is 10.3. The summed E-state index contributed by atoms with van der Waals surface area (Å²) >= 11 is 0. The molecule has 0 aliphatic heterocycles. The molecule has 7 heteroatoms. The van der Waals surface area contributed by atoms with Gasteiger partial charge < -0.3 is 9.47 Å². The number of ether oxygens (including phenoxy) is 2. The maximum absolute atomic E-state index is 12.8. The first-order valence-corrected chi connectivity index (χ1v) is 6.12. The Labute approximate surface area is 123 Å². The highest BCUT2D eigenvalue weighted by molar-refractivity contribution is 5.67. The molecular weight excluding hydrogens is 307 g/mol. The van der Waals surface area contributed by atoms with Gasteiger partial charge in [0.05, 0.1) is 7.11 Å². The molecule has 22 heavy (non-hydrogen) atoms. The number of benzene rings is 2. The zero-order valence-electron chi connectivity index (χ0n) is 11.3. The van der Waals surface area contributed by atoms with Crippen LogP contribution in [0.1, 0.15) is 12.0 Å². The van der Waals surface area contributed by atoms with E-state index in [9.17, 15) is 22.0 Å². The van der Waals surface area contributed by atoms with Gasteiger partial charge in [-0.05, 0) is 41.5 Å². The van der Waals surface area contributed by atoms with E-state index in [2.05, 4.69) is 4.74 Å². The minimum absolute atomic E-state index is 0.232. The maximum Gasteiger partial charge on any atom is 0.573 e. The van der Waals surface area contributed by atoms with Crippen LogP contribution in [0.3, 0.4) is 0 Å². The zero-order valence-corrected chi connectivity index (χ0v) is 11.3. The van der Waals surface area contributed by atoms with E-state index in [1.54, 1.807) is 0 Å². The van der Waals surface area contributed by atoms with Crippen molar-refractivity contribution in [3.8, 4) is 22.6 Å². The Hall–Kier alpha value is -2.31. The van der Waals surface area contributed by atoms with Crippen molar-refractivity contribution < 1.29 is 31.4 Å². The number of hydrogen-bond donors (Lipinski definition) is 0. The third-order valence-corrected chi connectivity index (χ3v) is 2.84. The predicted octanol–water partition coefficient (Wildman–Crippen LogP) is 5.20. The molecule has 0 saturated heterocycles. The number of hydrogen-bond acceptors (Lipinski definition) is 2. The highest BCUT2D eigenvalue weighted by atomic mass is 19.4. The van der Waals surface area contributed by atoms with Crippen LogP contribution < -0.4 is 9.47 Å². The van der Waals surface area contributed by atoms with Gasteiger partial charge in [-0.1, -0.05) is 12.1 Å². The molecule has 2 rings (SSSR count). The van der Waals surface area contributed by atoms with Gasteiger partial charge >= 0.3 is 6.36 Å². The van der Waals surface area contributed by atoms with Gasteiger partial charge in [-0.15, -0.1) is 13.2 Å². The SMILES string of the molecule is COc1cc(-c2ccc(OC(F)(F)F)cc2)cc(C(F)F)c1. The molecule has 118 valence electrons. The number of alkyl halides is 5. The van der Waals surface area contributed by atoms with E-state index in [1.165, 1.54) is 37.4 Å². The summed E-state index contributed by atoms with van der Waals surface area (Å²) in [6, 6.07) is 8.92. The lowest BCUT2D eigenvalue weighted by Gasteiger charge is -2.11. The fraction of sp³-hybridized carbons (Fsp3) is 0.200. The molecule has 0 spiro atoms. The highest BCUT2D eigenvalue weighted by Crippen LogP contribution is 2.32. The molecule has 0 aromatic heterocycles. The monoisotopic (exact) mass is 318 g/mol. The second kappa shape index (κ2) is 6.21. The van der Waals surface area contributed by atoms with Crippen molar-refractivity contribution in [1.82, 2.24) is 0 Å². The van der Waals surface area contributed by atoms with Crippen molar-refractivity contribution in [3.63, 3.8) is 0 Å². The quantitative estimate of drug-likeness (QED) is 0.722. The number of methoxy groups -OCH3 is 1. The molecule has 0 fully saturated rings. The highest BCUT2D eigenvalue weighted by Gasteiger charge is 2.30. The fourth-order valence-corrected chi connectivity index (χ4v) is 1.88. The summed E-state index contributed by atoms with van der Waals surface area (Å²) in [5, 5.41) is 0. The van der Waals surface area contributed by atoms with E-state index in [0.717, 1.165) is 12.1 Å². The summed E-state index contributed by atoms with van der Waals surface area (Å²) in [7, 11) is 1.34. The lowest BCUT2D eigenvalue weighted by molar-refractivity contribution is -0.274. The molecule has 0 saturated carbocycles. The molecule has 0 N–H and O–H groups in total. The smallest absolute Gasteiger partial charge is 0.497 e. The second-order valence-corrected chi connectivity index (χ2v) is 4.37. The van der Waals surface area contributed by atoms with E-state index in [4.69, 9.17) is 4.74 Å². The fourth-order valence-electron chi connectivity index (χ4n) is 1.88. The Kier molecular flexibility index (Phi) is 4.54. The molecule has 0 atom stereocenters. The Balaban J connectivity index is 2.33. The molecule has 2 aromatic carbocycles. The third-order valence-electron chi connectivity index (χ3n) is 2.84.